The Morgan fingerprint density at radius 1 is 1.15 bits per heavy atom. The van der Waals surface area contributed by atoms with E-state index in [1.807, 2.05) is 0 Å². The van der Waals surface area contributed by atoms with Crippen LogP contribution in [0.4, 0.5) is 5.69 Å². The van der Waals surface area contributed by atoms with Crippen molar-refractivity contribution < 1.29 is 27.5 Å². The average molecular weight is 496 g/mol. The van der Waals surface area contributed by atoms with Crippen LogP contribution in [0.3, 0.4) is 0 Å². The smallest absolute Gasteiger partial charge is 0.265 e. The van der Waals surface area contributed by atoms with Gasteiger partial charge in [-0.15, -0.1) is 0 Å². The van der Waals surface area contributed by atoms with Gasteiger partial charge in [0.25, 0.3) is 5.91 Å². The molecule has 2 aromatic rings. The molecule has 0 unspecified atom stereocenters. The molecule has 1 saturated heterocycles. The molecule has 0 aliphatic carbocycles. The molecule has 33 heavy (non-hydrogen) atoms. The highest BCUT2D eigenvalue weighted by atomic mass is 35.5. The number of sulfonamides is 1. The number of methoxy groups -OCH3 is 2. The van der Waals surface area contributed by atoms with Crippen LogP contribution in [-0.2, 0) is 19.7 Å². The molecule has 0 spiro atoms. The topological polar surface area (TPSA) is 107 Å². The molecule has 1 amide bonds. The third kappa shape index (κ3) is 6.37. The van der Waals surface area contributed by atoms with Crippen molar-refractivity contribution in [1.29, 1.82) is 0 Å². The molecule has 178 valence electrons. The van der Waals surface area contributed by atoms with E-state index in [0.29, 0.717) is 40.9 Å². The zero-order valence-corrected chi connectivity index (χ0v) is 20.0. The number of nitrogens with zero attached hydrogens (tertiary/aromatic N) is 2. The molecule has 0 radical (unpaired) electrons. The molecule has 1 fully saturated rings. The Bertz CT molecular complexity index is 1120. The Kier molecular flexibility index (Phi) is 8.54. The molecule has 9 nitrogen and oxygen atoms in total. The first kappa shape index (κ1) is 24.8. The fourth-order valence-electron chi connectivity index (χ4n) is 3.39. The minimum Gasteiger partial charge on any atom is -0.493 e. The van der Waals surface area contributed by atoms with Gasteiger partial charge in [0, 0.05) is 24.3 Å². The highest BCUT2D eigenvalue weighted by Gasteiger charge is 2.26. The van der Waals surface area contributed by atoms with E-state index < -0.39 is 15.9 Å². The first-order valence-electron chi connectivity index (χ1n) is 10.3. The maximum absolute atomic E-state index is 12.8. The standard InChI is InChI=1S/C22H26ClN3O6S/c1-30-20-12-16(11-19(23)22(20)31-2)14-24-32-15-21(27)25-17-7-6-8-18(13-17)33(28,29)26-9-4-3-5-10-26/h6-8,11-14H,3-5,9-10,15H2,1-2H3,(H,25,27)/b24-14+. The van der Waals surface area contributed by atoms with E-state index in [1.54, 1.807) is 24.3 Å². The Balaban J connectivity index is 1.57. The van der Waals surface area contributed by atoms with E-state index >= 15 is 0 Å². The highest BCUT2D eigenvalue weighted by molar-refractivity contribution is 7.89. The van der Waals surface area contributed by atoms with Gasteiger partial charge in [-0.05, 0) is 43.2 Å². The van der Waals surface area contributed by atoms with Gasteiger partial charge in [0.2, 0.25) is 10.0 Å². The number of hydrogen-bond acceptors (Lipinski definition) is 7. The predicted molar refractivity (Wildman–Crippen MR) is 126 cm³/mol. The van der Waals surface area contributed by atoms with Crippen molar-refractivity contribution in [1.82, 2.24) is 4.31 Å². The van der Waals surface area contributed by atoms with Crippen LogP contribution in [0.15, 0.2) is 46.4 Å². The zero-order chi connectivity index (χ0) is 23.8. The van der Waals surface area contributed by atoms with Gasteiger partial charge in [0.05, 0.1) is 30.4 Å². The lowest BCUT2D eigenvalue weighted by molar-refractivity contribution is -0.120. The molecule has 1 aliphatic heterocycles. The number of carbonyl (C=O) groups excluding carboxylic acids is 1. The summed E-state index contributed by atoms with van der Waals surface area (Å²) in [7, 11) is -0.616. The first-order chi connectivity index (χ1) is 15.8. The fraction of sp³-hybridized carbons (Fsp3) is 0.364. The average Bonchev–Trinajstić information content (AvgIpc) is 2.82. The number of rotatable bonds is 9. The van der Waals surface area contributed by atoms with Crippen LogP contribution < -0.4 is 14.8 Å². The summed E-state index contributed by atoms with van der Waals surface area (Å²) in [6.07, 6.45) is 4.11. The zero-order valence-electron chi connectivity index (χ0n) is 18.4. The fourth-order valence-corrected chi connectivity index (χ4v) is 5.25. The predicted octanol–water partition coefficient (Wildman–Crippen LogP) is 3.52. The van der Waals surface area contributed by atoms with E-state index in [2.05, 4.69) is 10.5 Å². The summed E-state index contributed by atoms with van der Waals surface area (Å²) < 4.78 is 37.5. The normalized spacial score (nSPS) is 14.8. The number of carbonyl (C=O) groups is 1. The Hall–Kier alpha value is -2.82. The van der Waals surface area contributed by atoms with Gasteiger partial charge >= 0.3 is 0 Å². The van der Waals surface area contributed by atoms with E-state index in [9.17, 15) is 13.2 Å². The number of nitrogens with one attached hydrogen (secondary N) is 1. The molecule has 0 atom stereocenters. The van der Waals surface area contributed by atoms with Gasteiger partial charge in [-0.2, -0.15) is 4.31 Å². The number of halogens is 1. The molecular formula is C22H26ClN3O6S. The summed E-state index contributed by atoms with van der Waals surface area (Å²) in [5.74, 6) is 0.356. The summed E-state index contributed by atoms with van der Waals surface area (Å²) in [5.41, 5.74) is 0.950. The number of benzene rings is 2. The summed E-state index contributed by atoms with van der Waals surface area (Å²) >= 11 is 6.14. The van der Waals surface area contributed by atoms with Gasteiger partial charge in [-0.25, -0.2) is 8.42 Å². The summed E-state index contributed by atoms with van der Waals surface area (Å²) in [5, 5.41) is 6.73. The summed E-state index contributed by atoms with van der Waals surface area (Å²) in [6.45, 7) is 0.659. The quantitative estimate of drug-likeness (QED) is 0.421. The molecule has 2 aromatic carbocycles. The van der Waals surface area contributed by atoms with Crippen LogP contribution in [0.25, 0.3) is 0 Å². The lowest BCUT2D eigenvalue weighted by atomic mass is 10.2. The van der Waals surface area contributed by atoms with Crippen LogP contribution in [0.5, 0.6) is 11.5 Å². The van der Waals surface area contributed by atoms with Crippen LogP contribution in [0.1, 0.15) is 24.8 Å². The van der Waals surface area contributed by atoms with E-state index in [1.165, 1.54) is 36.9 Å². The lowest BCUT2D eigenvalue weighted by Gasteiger charge is -2.26. The van der Waals surface area contributed by atoms with Crippen LogP contribution >= 0.6 is 11.6 Å². The van der Waals surface area contributed by atoms with Crippen LogP contribution in [0.2, 0.25) is 5.02 Å². The van der Waals surface area contributed by atoms with Gasteiger partial charge < -0.3 is 19.6 Å². The Morgan fingerprint density at radius 2 is 1.91 bits per heavy atom. The minimum atomic E-state index is -3.59. The van der Waals surface area contributed by atoms with Crippen molar-refractivity contribution in [2.75, 3.05) is 39.2 Å². The maximum atomic E-state index is 12.8. The van der Waals surface area contributed by atoms with Crippen molar-refractivity contribution in [2.24, 2.45) is 5.16 Å². The molecule has 11 heteroatoms. The van der Waals surface area contributed by atoms with Crippen molar-refractivity contribution >= 4 is 39.4 Å². The molecule has 0 bridgehead atoms. The van der Waals surface area contributed by atoms with Crippen molar-refractivity contribution in [3.8, 4) is 11.5 Å². The number of piperidine rings is 1. The highest BCUT2D eigenvalue weighted by Crippen LogP contribution is 2.35. The first-order valence-corrected chi connectivity index (χ1v) is 12.1. The lowest BCUT2D eigenvalue weighted by Crippen LogP contribution is -2.35. The molecule has 1 aliphatic rings. The molecule has 1 N–H and O–H groups in total. The van der Waals surface area contributed by atoms with Gasteiger partial charge in [-0.1, -0.05) is 29.2 Å². The van der Waals surface area contributed by atoms with Gasteiger partial charge in [-0.3, -0.25) is 4.79 Å². The molecule has 3 rings (SSSR count). The summed E-state index contributed by atoms with van der Waals surface area (Å²) in [4.78, 5) is 17.4. The van der Waals surface area contributed by atoms with Crippen molar-refractivity contribution in [3.63, 3.8) is 0 Å². The SMILES string of the molecule is COc1cc(/C=N/OCC(=O)Nc2cccc(S(=O)(=O)N3CCCCC3)c2)cc(Cl)c1OC. The number of hydrogen-bond donors (Lipinski definition) is 1. The number of oxime groups is 1. The number of ether oxygens (including phenoxy) is 2. The molecular weight excluding hydrogens is 470 g/mol. The second kappa shape index (κ2) is 11.4. The summed E-state index contributed by atoms with van der Waals surface area (Å²) in [6, 6.07) is 9.44. The second-order valence-corrected chi connectivity index (χ2v) is 9.63. The van der Waals surface area contributed by atoms with Gasteiger partial charge in [0.15, 0.2) is 18.1 Å². The Morgan fingerprint density at radius 3 is 2.61 bits per heavy atom. The number of amides is 1. The van der Waals surface area contributed by atoms with Crippen LogP contribution in [-0.4, -0.2) is 58.8 Å². The van der Waals surface area contributed by atoms with E-state index in [-0.39, 0.29) is 11.5 Å². The number of anilines is 1. The third-order valence-electron chi connectivity index (χ3n) is 5.00. The largest absolute Gasteiger partial charge is 0.493 e. The monoisotopic (exact) mass is 495 g/mol. The molecule has 1 heterocycles. The van der Waals surface area contributed by atoms with Gasteiger partial charge in [0.1, 0.15) is 0 Å². The third-order valence-corrected chi connectivity index (χ3v) is 7.17. The Labute approximate surface area is 198 Å². The molecule has 0 saturated carbocycles. The van der Waals surface area contributed by atoms with Crippen molar-refractivity contribution in [3.05, 3.63) is 47.0 Å². The minimum absolute atomic E-state index is 0.145. The van der Waals surface area contributed by atoms with E-state index in [4.69, 9.17) is 25.9 Å². The second-order valence-electron chi connectivity index (χ2n) is 7.29. The van der Waals surface area contributed by atoms with Crippen LogP contribution in [0, 0.1) is 0 Å². The van der Waals surface area contributed by atoms with E-state index in [0.717, 1.165) is 19.3 Å². The van der Waals surface area contributed by atoms with Crippen molar-refractivity contribution in [2.45, 2.75) is 24.2 Å². The molecule has 0 aromatic heterocycles. The maximum Gasteiger partial charge on any atom is 0.265 e.